The standard InChI is InChI=1S/C18H36IN/c1-6-10-14-20(9-4)15-12-17(5)11-13-18(7-2,8-3)16-19/h5-16H2,1-4H3. The van der Waals surface area contributed by atoms with Crippen molar-refractivity contribution >= 4 is 22.6 Å². The van der Waals surface area contributed by atoms with E-state index in [4.69, 9.17) is 0 Å². The van der Waals surface area contributed by atoms with Gasteiger partial charge in [-0.1, -0.05) is 68.9 Å². The van der Waals surface area contributed by atoms with Crippen LogP contribution in [0.2, 0.25) is 0 Å². The Labute approximate surface area is 141 Å². The Morgan fingerprint density at radius 2 is 1.70 bits per heavy atom. The SMILES string of the molecule is C=C(CCN(CC)CCCC)CCC(CC)(CC)CI. The van der Waals surface area contributed by atoms with Crippen molar-refractivity contribution in [2.75, 3.05) is 24.1 Å². The van der Waals surface area contributed by atoms with E-state index >= 15 is 0 Å². The van der Waals surface area contributed by atoms with E-state index in [1.165, 1.54) is 74.6 Å². The average Bonchev–Trinajstić information content (AvgIpc) is 2.49. The first-order valence-electron chi connectivity index (χ1n) is 8.52. The zero-order valence-electron chi connectivity index (χ0n) is 14.3. The quantitative estimate of drug-likeness (QED) is 0.208. The number of hydrogen-bond acceptors (Lipinski definition) is 1. The van der Waals surface area contributed by atoms with Crippen molar-refractivity contribution in [3.63, 3.8) is 0 Å². The van der Waals surface area contributed by atoms with Gasteiger partial charge in [-0.15, -0.1) is 0 Å². The van der Waals surface area contributed by atoms with E-state index in [2.05, 4.69) is 61.8 Å². The highest BCUT2D eigenvalue weighted by Crippen LogP contribution is 2.35. The van der Waals surface area contributed by atoms with E-state index in [0.717, 1.165) is 0 Å². The molecule has 120 valence electrons. The summed E-state index contributed by atoms with van der Waals surface area (Å²) in [6, 6.07) is 0. The number of unbranched alkanes of at least 4 members (excludes halogenated alkanes) is 1. The number of halogens is 1. The van der Waals surface area contributed by atoms with E-state index < -0.39 is 0 Å². The van der Waals surface area contributed by atoms with Gasteiger partial charge in [-0.2, -0.15) is 0 Å². The molecule has 0 atom stereocenters. The number of hydrogen-bond donors (Lipinski definition) is 0. The molecule has 0 aromatic carbocycles. The molecule has 0 radical (unpaired) electrons. The first-order valence-corrected chi connectivity index (χ1v) is 10.0. The summed E-state index contributed by atoms with van der Waals surface area (Å²) in [6.45, 7) is 17.2. The Hall–Kier alpha value is 0.430. The highest BCUT2D eigenvalue weighted by molar-refractivity contribution is 14.1. The summed E-state index contributed by atoms with van der Waals surface area (Å²) in [4.78, 5) is 2.57. The molecule has 0 aliphatic heterocycles. The maximum Gasteiger partial charge on any atom is 0.00519 e. The van der Waals surface area contributed by atoms with Crippen LogP contribution < -0.4 is 0 Å². The molecule has 1 nitrogen and oxygen atoms in total. The van der Waals surface area contributed by atoms with Crippen molar-refractivity contribution in [1.82, 2.24) is 4.90 Å². The Balaban J connectivity index is 4.04. The van der Waals surface area contributed by atoms with Crippen molar-refractivity contribution in [2.45, 2.75) is 72.6 Å². The van der Waals surface area contributed by atoms with Crippen molar-refractivity contribution in [3.8, 4) is 0 Å². The lowest BCUT2D eigenvalue weighted by molar-refractivity contribution is 0.274. The molecule has 2 heteroatoms. The van der Waals surface area contributed by atoms with E-state index in [0.29, 0.717) is 5.41 Å². The summed E-state index contributed by atoms with van der Waals surface area (Å²) >= 11 is 2.56. The number of nitrogens with zero attached hydrogens (tertiary/aromatic N) is 1. The second kappa shape index (κ2) is 12.0. The van der Waals surface area contributed by atoms with Gasteiger partial charge in [-0.25, -0.2) is 0 Å². The van der Waals surface area contributed by atoms with Crippen LogP contribution in [0.1, 0.15) is 72.6 Å². The molecule has 0 aliphatic rings. The molecule has 0 aromatic rings. The van der Waals surface area contributed by atoms with Gasteiger partial charge >= 0.3 is 0 Å². The highest BCUT2D eigenvalue weighted by atomic mass is 127. The lowest BCUT2D eigenvalue weighted by Crippen LogP contribution is -2.26. The molecule has 0 saturated carbocycles. The Morgan fingerprint density at radius 3 is 2.15 bits per heavy atom. The predicted molar refractivity (Wildman–Crippen MR) is 102 cm³/mol. The molecule has 0 N–H and O–H groups in total. The van der Waals surface area contributed by atoms with E-state index in [1.807, 2.05) is 0 Å². The van der Waals surface area contributed by atoms with Crippen LogP contribution in [-0.2, 0) is 0 Å². The zero-order valence-corrected chi connectivity index (χ0v) is 16.5. The van der Waals surface area contributed by atoms with Crippen molar-refractivity contribution in [1.29, 1.82) is 0 Å². The topological polar surface area (TPSA) is 3.24 Å². The highest BCUT2D eigenvalue weighted by Gasteiger charge is 2.24. The molecule has 0 aliphatic carbocycles. The van der Waals surface area contributed by atoms with Crippen LogP contribution >= 0.6 is 22.6 Å². The van der Waals surface area contributed by atoms with Crippen LogP contribution in [0, 0.1) is 5.41 Å². The third-order valence-electron chi connectivity index (χ3n) is 4.85. The molecule has 0 heterocycles. The second-order valence-corrected chi connectivity index (χ2v) is 6.89. The summed E-state index contributed by atoms with van der Waals surface area (Å²) in [5.41, 5.74) is 2.01. The third kappa shape index (κ3) is 8.02. The first kappa shape index (κ1) is 20.4. The lowest BCUT2D eigenvalue weighted by atomic mass is 9.79. The summed E-state index contributed by atoms with van der Waals surface area (Å²) in [7, 11) is 0. The maximum absolute atomic E-state index is 4.32. The van der Waals surface area contributed by atoms with Gasteiger partial charge < -0.3 is 4.90 Å². The van der Waals surface area contributed by atoms with Crippen LogP contribution in [0.15, 0.2) is 12.2 Å². The largest absolute Gasteiger partial charge is 0.303 e. The minimum Gasteiger partial charge on any atom is -0.303 e. The van der Waals surface area contributed by atoms with E-state index in [-0.39, 0.29) is 0 Å². The average molecular weight is 393 g/mol. The molecule has 0 aromatic heterocycles. The van der Waals surface area contributed by atoms with Gasteiger partial charge in [0, 0.05) is 11.0 Å². The molecule has 0 bridgehead atoms. The molecule has 0 rings (SSSR count). The normalized spacial score (nSPS) is 12.1. The monoisotopic (exact) mass is 393 g/mol. The van der Waals surface area contributed by atoms with Gasteiger partial charge in [0.05, 0.1) is 0 Å². The van der Waals surface area contributed by atoms with E-state index in [1.54, 1.807) is 0 Å². The van der Waals surface area contributed by atoms with Crippen molar-refractivity contribution in [2.24, 2.45) is 5.41 Å². The molecule has 0 unspecified atom stereocenters. The van der Waals surface area contributed by atoms with Crippen molar-refractivity contribution in [3.05, 3.63) is 12.2 Å². The summed E-state index contributed by atoms with van der Waals surface area (Å²) in [6.07, 6.45) is 8.95. The number of rotatable bonds is 13. The van der Waals surface area contributed by atoms with Gasteiger partial charge in [0.1, 0.15) is 0 Å². The fourth-order valence-electron chi connectivity index (χ4n) is 2.55. The summed E-state index contributed by atoms with van der Waals surface area (Å²) in [5, 5.41) is 0. The molecule has 0 saturated heterocycles. The minimum absolute atomic E-state index is 0.552. The Bertz CT molecular complexity index is 238. The van der Waals surface area contributed by atoms with Crippen LogP contribution in [0.25, 0.3) is 0 Å². The fourth-order valence-corrected chi connectivity index (χ4v) is 4.01. The second-order valence-electron chi connectivity index (χ2n) is 6.13. The van der Waals surface area contributed by atoms with Crippen LogP contribution in [-0.4, -0.2) is 29.0 Å². The smallest absolute Gasteiger partial charge is 0.00519 e. The van der Waals surface area contributed by atoms with Crippen LogP contribution in [0.4, 0.5) is 0 Å². The molecule has 0 amide bonds. The third-order valence-corrected chi connectivity index (χ3v) is 6.47. The van der Waals surface area contributed by atoms with Gasteiger partial charge in [-0.3, -0.25) is 0 Å². The van der Waals surface area contributed by atoms with Crippen LogP contribution in [0.3, 0.4) is 0 Å². The van der Waals surface area contributed by atoms with Crippen LogP contribution in [0.5, 0.6) is 0 Å². The van der Waals surface area contributed by atoms with Gasteiger partial charge in [-0.05, 0) is 57.0 Å². The van der Waals surface area contributed by atoms with Gasteiger partial charge in [0.2, 0.25) is 0 Å². The lowest BCUT2D eigenvalue weighted by Gasteiger charge is -2.30. The molecular weight excluding hydrogens is 357 g/mol. The Kier molecular flexibility index (Phi) is 12.3. The summed E-state index contributed by atoms with van der Waals surface area (Å²) < 4.78 is 1.28. The molecule has 20 heavy (non-hydrogen) atoms. The zero-order chi connectivity index (χ0) is 15.4. The first-order chi connectivity index (χ1) is 9.57. The fraction of sp³-hybridized carbons (Fsp3) is 0.889. The van der Waals surface area contributed by atoms with Gasteiger partial charge in [0.15, 0.2) is 0 Å². The van der Waals surface area contributed by atoms with E-state index in [9.17, 15) is 0 Å². The maximum atomic E-state index is 4.32. The van der Waals surface area contributed by atoms with Gasteiger partial charge in [0.25, 0.3) is 0 Å². The molecular formula is C18H36IN. The predicted octanol–water partition coefficient (Wildman–Crippen LogP) is 6.08. The summed E-state index contributed by atoms with van der Waals surface area (Å²) in [5.74, 6) is 0. The molecule has 0 fully saturated rings. The molecule has 0 spiro atoms. The Morgan fingerprint density at radius 1 is 1.05 bits per heavy atom. The minimum atomic E-state index is 0.552. The van der Waals surface area contributed by atoms with Crippen molar-refractivity contribution < 1.29 is 0 Å². The number of alkyl halides is 1.